The quantitative estimate of drug-likeness (QED) is 0.610. The number of carbonyl (C=O) groups is 1. The summed E-state index contributed by atoms with van der Waals surface area (Å²) in [5.74, 6) is 1.37. The van der Waals surface area contributed by atoms with Crippen molar-refractivity contribution in [1.29, 1.82) is 0 Å². The minimum Gasteiger partial charge on any atom is -0.490 e. The number of benzene rings is 1. The van der Waals surface area contributed by atoms with Crippen molar-refractivity contribution in [2.24, 2.45) is 5.92 Å². The fourth-order valence-electron chi connectivity index (χ4n) is 4.50. The number of halogens is 1. The van der Waals surface area contributed by atoms with Gasteiger partial charge in [0.2, 0.25) is 11.6 Å². The molecule has 2 saturated carbocycles. The highest BCUT2D eigenvalue weighted by Crippen LogP contribution is 2.35. The van der Waals surface area contributed by atoms with Gasteiger partial charge in [-0.05, 0) is 69.4 Å². The average Bonchev–Trinajstić information content (AvgIpc) is 3.31. The number of hydrogen-bond donors (Lipinski definition) is 2. The van der Waals surface area contributed by atoms with Gasteiger partial charge >= 0.3 is 11.8 Å². The third kappa shape index (κ3) is 5.40. The first-order valence-electron chi connectivity index (χ1n) is 11.1. The average molecular weight is 459 g/mol. The maximum atomic E-state index is 12.6. The van der Waals surface area contributed by atoms with Gasteiger partial charge in [0.15, 0.2) is 0 Å². The number of carbonyl (C=O) groups excluding carboxylic acids is 1. The van der Waals surface area contributed by atoms with Gasteiger partial charge in [0, 0.05) is 18.6 Å². The predicted molar refractivity (Wildman–Crippen MR) is 118 cm³/mol. The molecule has 1 aromatic heterocycles. The fraction of sp³-hybridized carbons (Fsp3) is 0.565. The van der Waals surface area contributed by atoms with E-state index in [0.717, 1.165) is 51.4 Å². The minimum absolute atomic E-state index is 0.0113. The largest absolute Gasteiger partial charge is 0.490 e. The van der Waals surface area contributed by atoms with Crippen molar-refractivity contribution in [3.8, 4) is 5.75 Å². The molecule has 170 valence electrons. The van der Waals surface area contributed by atoms with Gasteiger partial charge in [-0.2, -0.15) is 0 Å². The normalized spacial score (nSPS) is 25.7. The topological polar surface area (TPSA) is 102 Å². The van der Waals surface area contributed by atoms with Crippen LogP contribution in [-0.2, 0) is 0 Å². The third-order valence-corrected chi connectivity index (χ3v) is 6.74. The van der Waals surface area contributed by atoms with E-state index < -0.39 is 0 Å². The Balaban J connectivity index is 1.24. The highest BCUT2D eigenvalue weighted by Gasteiger charge is 2.29. The first-order chi connectivity index (χ1) is 15.6. The van der Waals surface area contributed by atoms with Crippen LogP contribution in [0.1, 0.15) is 73.9 Å². The highest BCUT2D eigenvalue weighted by atomic mass is 35.5. The van der Waals surface area contributed by atoms with Crippen LogP contribution in [-0.4, -0.2) is 40.0 Å². The van der Waals surface area contributed by atoms with Crippen LogP contribution >= 0.6 is 11.6 Å². The highest BCUT2D eigenvalue weighted by molar-refractivity contribution is 6.33. The molecule has 0 spiro atoms. The van der Waals surface area contributed by atoms with E-state index in [2.05, 4.69) is 20.4 Å². The van der Waals surface area contributed by atoms with Crippen LogP contribution < -0.4 is 10.1 Å². The number of ether oxygens (including phenoxy) is 1. The summed E-state index contributed by atoms with van der Waals surface area (Å²) in [5, 5.41) is 20.7. The molecule has 0 unspecified atom stereocenters. The number of aliphatic hydroxyl groups excluding tert-OH is 1. The van der Waals surface area contributed by atoms with E-state index in [1.165, 1.54) is 0 Å². The smallest absolute Gasteiger partial charge is 0.309 e. The van der Waals surface area contributed by atoms with E-state index in [1.54, 1.807) is 18.2 Å². The summed E-state index contributed by atoms with van der Waals surface area (Å²) >= 11 is 6.08. The molecule has 0 bridgehead atoms. The zero-order valence-corrected chi connectivity index (χ0v) is 18.6. The van der Waals surface area contributed by atoms with Gasteiger partial charge in [-0.1, -0.05) is 17.7 Å². The van der Waals surface area contributed by atoms with Crippen LogP contribution in [0.5, 0.6) is 5.75 Å². The standard InChI is InChI=1S/C23H27ClN4O4/c1-25-20-11-10-18(12-19(20)24)31-17-8-6-16(7-9-17)26-21(30)23-28-27-22(32-23)15-4-2-14(13-29)3-5-15/h10-12,14-17,29H,2-9,13H2,(H,26,30). The van der Waals surface area contributed by atoms with E-state index in [1.807, 2.05) is 0 Å². The number of nitrogens with one attached hydrogen (secondary N) is 1. The van der Waals surface area contributed by atoms with Crippen LogP contribution in [0.2, 0.25) is 5.02 Å². The maximum absolute atomic E-state index is 12.6. The molecule has 2 fully saturated rings. The number of amides is 1. The molecule has 1 amide bonds. The van der Waals surface area contributed by atoms with Crippen molar-refractivity contribution in [3.63, 3.8) is 0 Å². The van der Waals surface area contributed by atoms with Gasteiger partial charge in [0.1, 0.15) is 5.75 Å². The van der Waals surface area contributed by atoms with Gasteiger partial charge in [-0.25, -0.2) is 4.85 Å². The van der Waals surface area contributed by atoms with Crippen molar-refractivity contribution < 1.29 is 19.1 Å². The molecule has 0 aliphatic heterocycles. The summed E-state index contributed by atoms with van der Waals surface area (Å²) in [7, 11) is 0. The Morgan fingerprint density at radius 3 is 2.59 bits per heavy atom. The molecule has 8 nitrogen and oxygen atoms in total. The first-order valence-corrected chi connectivity index (χ1v) is 11.5. The van der Waals surface area contributed by atoms with Crippen molar-refractivity contribution in [3.05, 3.63) is 46.4 Å². The lowest BCUT2D eigenvalue weighted by molar-refractivity contribution is 0.0857. The molecule has 32 heavy (non-hydrogen) atoms. The monoisotopic (exact) mass is 458 g/mol. The minimum atomic E-state index is -0.335. The molecular weight excluding hydrogens is 432 g/mol. The van der Waals surface area contributed by atoms with Crippen LogP contribution in [0, 0.1) is 12.5 Å². The van der Waals surface area contributed by atoms with E-state index in [4.69, 9.17) is 27.3 Å². The summed E-state index contributed by atoms with van der Waals surface area (Å²) in [6, 6.07) is 5.13. The van der Waals surface area contributed by atoms with Gasteiger partial charge in [-0.15, -0.1) is 10.2 Å². The van der Waals surface area contributed by atoms with Crippen LogP contribution in [0.15, 0.2) is 22.6 Å². The lowest BCUT2D eigenvalue weighted by Crippen LogP contribution is -2.39. The van der Waals surface area contributed by atoms with Gasteiger partial charge < -0.3 is 19.6 Å². The number of hydrogen-bond acceptors (Lipinski definition) is 6. The molecule has 0 atom stereocenters. The summed E-state index contributed by atoms with van der Waals surface area (Å²) < 4.78 is 11.7. The van der Waals surface area contributed by atoms with E-state index in [-0.39, 0.29) is 36.5 Å². The Bertz CT molecular complexity index is 973. The molecule has 2 aliphatic rings. The SMILES string of the molecule is [C-]#[N+]c1ccc(OC2CCC(NC(=O)c3nnc(C4CCC(CO)CC4)o3)CC2)cc1Cl. The Hall–Kier alpha value is -2.63. The number of aliphatic hydroxyl groups is 1. The second kappa shape index (κ2) is 10.3. The third-order valence-electron chi connectivity index (χ3n) is 6.44. The van der Waals surface area contributed by atoms with Crippen LogP contribution in [0.3, 0.4) is 0 Å². The second-order valence-electron chi connectivity index (χ2n) is 8.64. The Kier molecular flexibility index (Phi) is 7.28. The van der Waals surface area contributed by atoms with Crippen molar-refractivity contribution >= 4 is 23.2 Å². The number of aromatic nitrogens is 2. The predicted octanol–water partition coefficient (Wildman–Crippen LogP) is 4.66. The van der Waals surface area contributed by atoms with Gasteiger partial charge in [-0.3, -0.25) is 4.79 Å². The van der Waals surface area contributed by atoms with E-state index in [0.29, 0.717) is 28.3 Å². The molecule has 2 aliphatic carbocycles. The van der Waals surface area contributed by atoms with E-state index in [9.17, 15) is 9.90 Å². The van der Waals surface area contributed by atoms with Crippen molar-refractivity contribution in [1.82, 2.24) is 15.5 Å². The molecule has 9 heteroatoms. The Labute approximate surface area is 192 Å². The van der Waals surface area contributed by atoms with Gasteiger partial charge in [0.05, 0.1) is 17.7 Å². The molecular formula is C23H27ClN4O4. The van der Waals surface area contributed by atoms with Crippen LogP contribution in [0.25, 0.3) is 4.85 Å². The molecule has 0 radical (unpaired) electrons. The Morgan fingerprint density at radius 1 is 1.19 bits per heavy atom. The lowest BCUT2D eigenvalue weighted by Gasteiger charge is -2.29. The van der Waals surface area contributed by atoms with Crippen molar-refractivity contribution in [2.45, 2.75) is 69.4 Å². The van der Waals surface area contributed by atoms with Crippen molar-refractivity contribution in [2.75, 3.05) is 6.61 Å². The second-order valence-corrected chi connectivity index (χ2v) is 9.04. The zero-order valence-electron chi connectivity index (χ0n) is 17.8. The Morgan fingerprint density at radius 2 is 1.94 bits per heavy atom. The summed E-state index contributed by atoms with van der Waals surface area (Å²) in [6.45, 7) is 7.28. The number of rotatable bonds is 6. The molecule has 1 aromatic carbocycles. The fourth-order valence-corrected chi connectivity index (χ4v) is 4.71. The van der Waals surface area contributed by atoms with E-state index >= 15 is 0 Å². The first kappa shape index (κ1) is 22.6. The molecule has 1 heterocycles. The van der Waals surface area contributed by atoms with Crippen LogP contribution in [0.4, 0.5) is 5.69 Å². The maximum Gasteiger partial charge on any atom is 0.309 e. The number of nitrogens with zero attached hydrogens (tertiary/aromatic N) is 3. The molecule has 2 N–H and O–H groups in total. The zero-order chi connectivity index (χ0) is 22.5. The summed E-state index contributed by atoms with van der Waals surface area (Å²) in [5.41, 5.74) is 0.410. The van der Waals surface area contributed by atoms with Gasteiger partial charge in [0.25, 0.3) is 0 Å². The summed E-state index contributed by atoms with van der Waals surface area (Å²) in [4.78, 5) is 15.9. The lowest BCUT2D eigenvalue weighted by atomic mass is 9.82. The molecule has 2 aromatic rings. The molecule has 0 saturated heterocycles. The summed E-state index contributed by atoms with van der Waals surface area (Å²) in [6.07, 6.45) is 6.88. The molecule has 4 rings (SSSR count).